The second-order valence-corrected chi connectivity index (χ2v) is 9.03. The second-order valence-electron chi connectivity index (χ2n) is 7.09. The van der Waals surface area contributed by atoms with Crippen LogP contribution in [-0.2, 0) is 14.8 Å². The Morgan fingerprint density at radius 2 is 1.97 bits per heavy atom. The number of carbonyl (C=O) groups is 1. The lowest BCUT2D eigenvalue weighted by atomic mass is 9.95. The molecule has 0 saturated heterocycles. The summed E-state index contributed by atoms with van der Waals surface area (Å²) in [6.45, 7) is 4.49. The van der Waals surface area contributed by atoms with Crippen molar-refractivity contribution in [1.29, 1.82) is 0 Å². The molecule has 1 aromatic heterocycles. The van der Waals surface area contributed by atoms with Crippen molar-refractivity contribution >= 4 is 26.9 Å². The number of benzene rings is 1. The molecule has 0 fully saturated rings. The van der Waals surface area contributed by atoms with Gasteiger partial charge in [-0.25, -0.2) is 13.2 Å². The predicted octanol–water partition coefficient (Wildman–Crippen LogP) is 3.07. The van der Waals surface area contributed by atoms with Gasteiger partial charge in [0.2, 0.25) is 15.6 Å². The summed E-state index contributed by atoms with van der Waals surface area (Å²) in [4.78, 5) is 27.4. The first-order valence-corrected chi connectivity index (χ1v) is 11.3. The lowest BCUT2D eigenvalue weighted by Gasteiger charge is -2.19. The lowest BCUT2D eigenvalue weighted by Crippen LogP contribution is -2.30. The van der Waals surface area contributed by atoms with Crippen molar-refractivity contribution < 1.29 is 17.9 Å². The number of ether oxygens (including phenoxy) is 1. The zero-order valence-corrected chi connectivity index (χ0v) is 17.5. The molecular weight excluding hydrogens is 392 g/mol. The minimum Gasteiger partial charge on any atom is -0.462 e. The predicted molar refractivity (Wildman–Crippen MR) is 111 cm³/mol. The van der Waals surface area contributed by atoms with Crippen LogP contribution in [0.15, 0.2) is 46.1 Å². The van der Waals surface area contributed by atoms with E-state index in [2.05, 4.69) is 17.1 Å². The Morgan fingerprint density at radius 1 is 1.21 bits per heavy atom. The van der Waals surface area contributed by atoms with E-state index in [4.69, 9.17) is 4.74 Å². The van der Waals surface area contributed by atoms with Gasteiger partial charge in [0.15, 0.2) is 0 Å². The summed E-state index contributed by atoms with van der Waals surface area (Å²) < 4.78 is 32.5. The number of aromatic amines is 1. The highest BCUT2D eigenvalue weighted by Gasteiger charge is 2.23. The SMILES string of the molecule is CCN(CC)S(=O)(=O)c1ccc2[nH]c(=O)cc(C(=O)OCC3CC=CCC3)c2c1. The van der Waals surface area contributed by atoms with E-state index in [0.29, 0.717) is 24.0 Å². The summed E-state index contributed by atoms with van der Waals surface area (Å²) in [5, 5.41) is 0.353. The van der Waals surface area contributed by atoms with E-state index in [-0.39, 0.29) is 23.0 Å². The van der Waals surface area contributed by atoms with E-state index in [9.17, 15) is 18.0 Å². The Labute approximate surface area is 170 Å². The molecule has 156 valence electrons. The van der Waals surface area contributed by atoms with E-state index in [1.807, 2.05) is 0 Å². The van der Waals surface area contributed by atoms with Crippen LogP contribution in [0.3, 0.4) is 0 Å². The normalized spacial score (nSPS) is 17.0. The van der Waals surface area contributed by atoms with Crippen LogP contribution < -0.4 is 5.56 Å². The molecule has 1 atom stereocenters. The number of aromatic nitrogens is 1. The van der Waals surface area contributed by atoms with Crippen LogP contribution in [0, 0.1) is 5.92 Å². The standard InChI is InChI=1S/C21H26N2O5S/c1-3-23(4-2)29(26,27)16-10-11-19-17(12-16)18(13-20(24)22-19)21(25)28-14-15-8-6-5-7-9-15/h5-6,10-13,15H,3-4,7-9,14H2,1-2H3,(H,22,24). The molecule has 1 N–H and O–H groups in total. The Hall–Kier alpha value is -2.45. The molecule has 2 aromatic rings. The van der Waals surface area contributed by atoms with Crippen molar-refractivity contribution in [2.24, 2.45) is 5.92 Å². The van der Waals surface area contributed by atoms with Gasteiger partial charge in [0.25, 0.3) is 0 Å². The second kappa shape index (κ2) is 8.92. The van der Waals surface area contributed by atoms with Gasteiger partial charge in [-0.1, -0.05) is 26.0 Å². The molecule has 1 heterocycles. The smallest absolute Gasteiger partial charge is 0.339 e. The van der Waals surface area contributed by atoms with E-state index in [1.54, 1.807) is 13.8 Å². The van der Waals surface area contributed by atoms with Crippen molar-refractivity contribution in [1.82, 2.24) is 9.29 Å². The summed E-state index contributed by atoms with van der Waals surface area (Å²) in [7, 11) is -3.69. The molecule has 3 rings (SSSR count). The number of hydrogen-bond acceptors (Lipinski definition) is 5. The maximum atomic E-state index is 12.8. The number of esters is 1. The number of hydrogen-bond donors (Lipinski definition) is 1. The van der Waals surface area contributed by atoms with Gasteiger partial charge in [-0.15, -0.1) is 0 Å². The van der Waals surface area contributed by atoms with Crippen molar-refractivity contribution in [3.8, 4) is 0 Å². The van der Waals surface area contributed by atoms with Gasteiger partial charge < -0.3 is 9.72 Å². The molecule has 0 radical (unpaired) electrons. The largest absolute Gasteiger partial charge is 0.462 e. The maximum absolute atomic E-state index is 12.8. The van der Waals surface area contributed by atoms with Crippen LogP contribution in [0.5, 0.6) is 0 Å². The van der Waals surface area contributed by atoms with Crippen molar-refractivity contribution in [3.05, 3.63) is 52.3 Å². The third-order valence-corrected chi connectivity index (χ3v) is 7.25. The third-order valence-electron chi connectivity index (χ3n) is 5.21. The first-order chi connectivity index (χ1) is 13.9. The number of H-pyrrole nitrogens is 1. The molecule has 0 spiro atoms. The van der Waals surface area contributed by atoms with Gasteiger partial charge in [-0.3, -0.25) is 4.79 Å². The molecule has 0 bridgehead atoms. The summed E-state index contributed by atoms with van der Waals surface area (Å²) in [5.41, 5.74) is 0.0274. The van der Waals surface area contributed by atoms with Gasteiger partial charge >= 0.3 is 5.97 Å². The quantitative estimate of drug-likeness (QED) is 0.551. The van der Waals surface area contributed by atoms with Gasteiger partial charge in [0, 0.05) is 30.1 Å². The first-order valence-electron chi connectivity index (χ1n) is 9.86. The highest BCUT2D eigenvalue weighted by molar-refractivity contribution is 7.89. The summed E-state index contributed by atoms with van der Waals surface area (Å²) in [6, 6.07) is 5.54. The monoisotopic (exact) mass is 418 g/mol. The molecule has 0 amide bonds. The number of carbonyl (C=O) groups excluding carboxylic acids is 1. The number of fused-ring (bicyclic) bond motifs is 1. The minimum atomic E-state index is -3.69. The molecule has 1 aliphatic carbocycles. The zero-order valence-electron chi connectivity index (χ0n) is 16.7. The van der Waals surface area contributed by atoms with Crippen molar-refractivity contribution in [3.63, 3.8) is 0 Å². The Morgan fingerprint density at radius 3 is 2.62 bits per heavy atom. The Kier molecular flexibility index (Phi) is 6.54. The van der Waals surface area contributed by atoms with Gasteiger partial charge in [-0.05, 0) is 43.4 Å². The van der Waals surface area contributed by atoms with Crippen LogP contribution in [0.2, 0.25) is 0 Å². The molecule has 1 aliphatic rings. The van der Waals surface area contributed by atoms with Crippen molar-refractivity contribution in [2.45, 2.75) is 38.0 Å². The summed E-state index contributed by atoms with van der Waals surface area (Å²) in [5.74, 6) is -0.358. The lowest BCUT2D eigenvalue weighted by molar-refractivity contribution is 0.0434. The average Bonchev–Trinajstić information content (AvgIpc) is 2.72. The number of nitrogens with one attached hydrogen (secondary N) is 1. The minimum absolute atomic E-state index is 0.0756. The zero-order chi connectivity index (χ0) is 21.0. The fraction of sp³-hybridized carbons (Fsp3) is 0.429. The average molecular weight is 419 g/mol. The topological polar surface area (TPSA) is 96.5 Å². The number of rotatable bonds is 7. The Bertz CT molecular complexity index is 1080. The summed E-state index contributed by atoms with van der Waals surface area (Å²) >= 11 is 0. The molecule has 1 aromatic carbocycles. The number of nitrogens with zero attached hydrogens (tertiary/aromatic N) is 1. The van der Waals surface area contributed by atoms with Gasteiger partial charge in [0.05, 0.1) is 17.1 Å². The molecule has 7 nitrogen and oxygen atoms in total. The van der Waals surface area contributed by atoms with Crippen LogP contribution >= 0.6 is 0 Å². The fourth-order valence-corrected chi connectivity index (χ4v) is 5.04. The molecule has 0 saturated carbocycles. The van der Waals surface area contributed by atoms with Crippen LogP contribution in [0.25, 0.3) is 10.9 Å². The molecule has 0 aliphatic heterocycles. The highest BCUT2D eigenvalue weighted by atomic mass is 32.2. The third kappa shape index (κ3) is 4.59. The fourth-order valence-electron chi connectivity index (χ4n) is 3.55. The van der Waals surface area contributed by atoms with Crippen LogP contribution in [0.4, 0.5) is 0 Å². The van der Waals surface area contributed by atoms with Crippen molar-refractivity contribution in [2.75, 3.05) is 19.7 Å². The van der Waals surface area contributed by atoms with Gasteiger partial charge in [-0.2, -0.15) is 4.31 Å². The van der Waals surface area contributed by atoms with E-state index in [0.717, 1.165) is 19.3 Å². The molecule has 1 unspecified atom stereocenters. The maximum Gasteiger partial charge on any atom is 0.339 e. The number of allylic oxidation sites excluding steroid dienone is 2. The first kappa shape index (κ1) is 21.3. The van der Waals surface area contributed by atoms with Gasteiger partial charge in [0.1, 0.15) is 0 Å². The molecule has 8 heteroatoms. The summed E-state index contributed by atoms with van der Waals surface area (Å²) in [6.07, 6.45) is 6.96. The van der Waals surface area contributed by atoms with E-state index in [1.165, 1.54) is 28.6 Å². The van der Waals surface area contributed by atoms with E-state index < -0.39 is 21.6 Å². The highest BCUT2D eigenvalue weighted by Crippen LogP contribution is 2.24. The Balaban J connectivity index is 1.97. The van der Waals surface area contributed by atoms with Crippen LogP contribution in [-0.4, -0.2) is 43.4 Å². The number of pyridine rings is 1. The van der Waals surface area contributed by atoms with Crippen LogP contribution in [0.1, 0.15) is 43.5 Å². The van der Waals surface area contributed by atoms with E-state index >= 15 is 0 Å². The number of sulfonamides is 1. The molecule has 29 heavy (non-hydrogen) atoms. The molecular formula is C21H26N2O5S.